The van der Waals surface area contributed by atoms with Gasteiger partial charge in [-0.2, -0.15) is 13.2 Å². The van der Waals surface area contributed by atoms with E-state index in [0.29, 0.717) is 26.1 Å². The van der Waals surface area contributed by atoms with Crippen molar-refractivity contribution < 1.29 is 40.3 Å². The van der Waals surface area contributed by atoms with Crippen LogP contribution in [0.4, 0.5) is 23.2 Å². The van der Waals surface area contributed by atoms with Gasteiger partial charge in [-0.3, -0.25) is 9.59 Å². The van der Waals surface area contributed by atoms with Gasteiger partial charge in [0.05, 0.1) is 48.1 Å². The summed E-state index contributed by atoms with van der Waals surface area (Å²) >= 11 is 0. The smallest absolute Gasteiger partial charge is 0.406 e. The van der Waals surface area contributed by atoms with E-state index in [1.807, 2.05) is 11.8 Å². The highest BCUT2D eigenvalue weighted by molar-refractivity contribution is 7.90. The van der Waals surface area contributed by atoms with Crippen LogP contribution in [0, 0.1) is 23.6 Å². The van der Waals surface area contributed by atoms with Crippen molar-refractivity contribution in [3.63, 3.8) is 0 Å². The number of aromatic nitrogens is 2. The number of anilines is 1. The first kappa shape index (κ1) is 35.5. The minimum Gasteiger partial charge on any atom is -0.494 e. The van der Waals surface area contributed by atoms with Crippen molar-refractivity contribution in [1.82, 2.24) is 25.1 Å². The van der Waals surface area contributed by atoms with Crippen LogP contribution in [0.5, 0.6) is 5.75 Å². The molecule has 47 heavy (non-hydrogen) atoms. The molecule has 1 aliphatic rings. The first-order chi connectivity index (χ1) is 22.1. The Morgan fingerprint density at radius 3 is 2.53 bits per heavy atom. The number of imidazole rings is 1. The van der Waals surface area contributed by atoms with Crippen LogP contribution < -0.4 is 20.7 Å². The number of amides is 2. The molecule has 2 atom stereocenters. The zero-order valence-electron chi connectivity index (χ0n) is 26.3. The van der Waals surface area contributed by atoms with E-state index in [-0.39, 0.29) is 63.4 Å². The average Bonchev–Trinajstić information content (AvgIpc) is 3.39. The molecule has 0 spiro atoms. The lowest BCUT2D eigenvalue weighted by atomic mass is 9.93. The van der Waals surface area contributed by atoms with Crippen LogP contribution in [-0.4, -0.2) is 99.2 Å². The van der Waals surface area contributed by atoms with Crippen molar-refractivity contribution in [2.24, 2.45) is 5.92 Å². The van der Waals surface area contributed by atoms with Crippen LogP contribution in [-0.2, 0) is 16.4 Å². The summed E-state index contributed by atoms with van der Waals surface area (Å²) in [7, 11) is -0.418. The number of halogens is 4. The largest absolute Gasteiger partial charge is 0.494 e. The van der Waals surface area contributed by atoms with E-state index in [0.717, 1.165) is 17.0 Å². The van der Waals surface area contributed by atoms with Crippen molar-refractivity contribution in [2.75, 3.05) is 57.7 Å². The van der Waals surface area contributed by atoms with E-state index in [2.05, 4.69) is 32.8 Å². The highest BCUT2D eigenvalue weighted by Gasteiger charge is 2.31. The number of rotatable bonds is 10. The third-order valence-electron chi connectivity index (χ3n) is 7.76. The Labute approximate surface area is 270 Å². The molecular formula is C31H36F4N6O5S. The molecule has 0 unspecified atom stereocenters. The van der Waals surface area contributed by atoms with Gasteiger partial charge in [0.15, 0.2) is 0 Å². The van der Waals surface area contributed by atoms with Crippen LogP contribution in [0.2, 0.25) is 0 Å². The molecule has 1 aromatic heterocycles. The van der Waals surface area contributed by atoms with E-state index in [1.54, 1.807) is 0 Å². The molecule has 11 nitrogen and oxygen atoms in total. The molecule has 3 aromatic rings. The summed E-state index contributed by atoms with van der Waals surface area (Å²) in [6, 6.07) is 4.96. The summed E-state index contributed by atoms with van der Waals surface area (Å²) in [6.45, 7) is 2.13. The summed E-state index contributed by atoms with van der Waals surface area (Å²) < 4.78 is 83.6. The Kier molecular flexibility index (Phi) is 11.0. The zero-order chi connectivity index (χ0) is 34.5. The number of methoxy groups -OCH3 is 1. The van der Waals surface area contributed by atoms with Crippen LogP contribution >= 0.6 is 0 Å². The molecule has 0 radical (unpaired) electrons. The molecule has 16 heteroatoms. The van der Waals surface area contributed by atoms with Gasteiger partial charge in [0.25, 0.3) is 11.8 Å². The maximum Gasteiger partial charge on any atom is 0.406 e. The van der Waals surface area contributed by atoms with Crippen molar-refractivity contribution in [1.29, 1.82) is 0 Å². The number of likely N-dealkylation sites (tertiary alicyclic amines) is 1. The van der Waals surface area contributed by atoms with Gasteiger partial charge >= 0.3 is 6.18 Å². The lowest BCUT2D eigenvalue weighted by molar-refractivity contribution is -0.140. The Morgan fingerprint density at radius 2 is 1.89 bits per heavy atom. The summed E-state index contributed by atoms with van der Waals surface area (Å²) in [4.78, 5) is 31.7. The fourth-order valence-corrected chi connectivity index (χ4v) is 5.96. The van der Waals surface area contributed by atoms with Gasteiger partial charge in [0.2, 0.25) is 0 Å². The second-order valence-corrected chi connectivity index (χ2v) is 13.7. The highest BCUT2D eigenvalue weighted by atomic mass is 32.2. The number of hydrogen-bond donors (Lipinski definition) is 3. The van der Waals surface area contributed by atoms with Crippen LogP contribution in [0.15, 0.2) is 30.6 Å². The van der Waals surface area contributed by atoms with Crippen molar-refractivity contribution in [2.45, 2.75) is 32.1 Å². The molecule has 2 heterocycles. The summed E-state index contributed by atoms with van der Waals surface area (Å²) in [5, 5.41) is 8.28. The van der Waals surface area contributed by atoms with E-state index in [4.69, 9.17) is 4.74 Å². The lowest BCUT2D eigenvalue weighted by Gasteiger charge is -2.37. The second-order valence-electron chi connectivity index (χ2n) is 11.4. The number of benzene rings is 2. The molecule has 2 amide bonds. The maximum atomic E-state index is 14.3. The van der Waals surface area contributed by atoms with Crippen LogP contribution in [0.3, 0.4) is 0 Å². The molecule has 1 aliphatic heterocycles. The predicted octanol–water partition coefficient (Wildman–Crippen LogP) is 3.05. The molecule has 3 N–H and O–H groups in total. The molecule has 0 saturated carbocycles. The molecule has 4 rings (SSSR count). The molecule has 1 fully saturated rings. The average molecular weight is 681 g/mol. The number of nitrogens with one attached hydrogen (secondary N) is 3. The van der Waals surface area contributed by atoms with Gasteiger partial charge < -0.3 is 30.2 Å². The second kappa shape index (κ2) is 14.6. The van der Waals surface area contributed by atoms with E-state index in [1.165, 1.54) is 38.6 Å². The number of carbonyl (C=O) groups excluding carboxylic acids is 2. The van der Waals surface area contributed by atoms with Gasteiger partial charge in [-0.25, -0.2) is 17.8 Å². The molecule has 0 aliphatic carbocycles. The number of ether oxygens (including phenoxy) is 1. The summed E-state index contributed by atoms with van der Waals surface area (Å²) in [5.74, 6) is 3.91. The van der Waals surface area contributed by atoms with E-state index >= 15 is 0 Å². The van der Waals surface area contributed by atoms with Gasteiger partial charge in [0, 0.05) is 50.6 Å². The first-order valence-corrected chi connectivity index (χ1v) is 16.7. The van der Waals surface area contributed by atoms with Gasteiger partial charge in [0.1, 0.15) is 33.5 Å². The number of fused-ring (bicyclic) bond motifs is 1. The zero-order valence-corrected chi connectivity index (χ0v) is 27.1. The molecule has 254 valence electrons. The standard InChI is InChI=1S/C31H36F4N6O5S/c1-19-16-40(10-11-47(4,44)45)9-7-24(19)39-30(43)22-12-20(13-26-28(22)38-18-41(26)17-31(33,34)35)6-5-8-37-25-14-21(29(42)36-2)23(32)15-27(25)46-3/h12-15,18-19,24,37H,7-11,16-17H2,1-4H3,(H,36,42)(H,39,43)/t19-,24-/m0/s1. The van der Waals surface area contributed by atoms with Crippen molar-refractivity contribution in [3.05, 3.63) is 53.1 Å². The SMILES string of the molecule is CNC(=O)c1cc(NCC#Cc2cc(C(=O)N[C@H]3CCN(CCS(C)(=O)=O)C[C@@H]3C)c3ncn(CC(F)(F)F)c3c2)c(OC)cc1F. The van der Waals surface area contributed by atoms with Gasteiger partial charge in [-0.15, -0.1) is 0 Å². The van der Waals surface area contributed by atoms with E-state index in [9.17, 15) is 35.6 Å². The van der Waals surface area contributed by atoms with Crippen LogP contribution in [0.25, 0.3) is 11.0 Å². The summed E-state index contributed by atoms with van der Waals surface area (Å²) in [6.07, 6.45) is -1.77. The Morgan fingerprint density at radius 1 is 1.15 bits per heavy atom. The Balaban J connectivity index is 1.57. The third kappa shape index (κ3) is 9.35. The number of hydrogen-bond acceptors (Lipinski definition) is 8. The van der Waals surface area contributed by atoms with Gasteiger partial charge in [-0.1, -0.05) is 18.8 Å². The van der Waals surface area contributed by atoms with Gasteiger partial charge in [-0.05, 0) is 30.5 Å². The molecular weight excluding hydrogens is 644 g/mol. The monoisotopic (exact) mass is 680 g/mol. The predicted molar refractivity (Wildman–Crippen MR) is 169 cm³/mol. The first-order valence-electron chi connectivity index (χ1n) is 14.7. The molecule has 0 bridgehead atoms. The lowest BCUT2D eigenvalue weighted by Crippen LogP contribution is -2.50. The Hall–Kier alpha value is -4.36. The minimum atomic E-state index is -4.54. The number of sulfone groups is 1. The topological polar surface area (TPSA) is 135 Å². The van der Waals surface area contributed by atoms with Crippen LogP contribution in [0.1, 0.15) is 39.6 Å². The van der Waals surface area contributed by atoms with Crippen molar-refractivity contribution >= 4 is 38.4 Å². The van der Waals surface area contributed by atoms with E-state index < -0.39 is 40.2 Å². The Bertz CT molecular complexity index is 1820. The third-order valence-corrected chi connectivity index (χ3v) is 8.69. The number of nitrogens with zero attached hydrogens (tertiary/aromatic N) is 3. The summed E-state index contributed by atoms with van der Waals surface area (Å²) in [5.41, 5.74) is 0.559. The minimum absolute atomic E-state index is 0.0213. The quantitative estimate of drug-likeness (QED) is 0.220. The highest BCUT2D eigenvalue weighted by Crippen LogP contribution is 2.28. The number of carbonyl (C=O) groups is 2. The normalized spacial score (nSPS) is 17.1. The number of alkyl halides is 3. The fourth-order valence-electron chi connectivity index (χ4n) is 5.37. The van der Waals surface area contributed by atoms with Crippen molar-refractivity contribution in [3.8, 4) is 17.6 Å². The maximum absolute atomic E-state index is 14.3. The fraction of sp³-hybridized carbons (Fsp3) is 0.452. The molecule has 2 aromatic carbocycles. The molecule has 1 saturated heterocycles. The number of piperidine rings is 1.